The Kier molecular flexibility index (Phi) is 4.28. The van der Waals surface area contributed by atoms with Crippen LogP contribution >= 0.6 is 0 Å². The van der Waals surface area contributed by atoms with Crippen molar-refractivity contribution in [2.75, 3.05) is 11.9 Å². The van der Waals surface area contributed by atoms with E-state index in [9.17, 15) is 15.2 Å². The normalized spacial score (nSPS) is 11.6. The number of hydrogen-bond acceptors (Lipinski definition) is 5. The molecule has 1 heterocycles. The van der Waals surface area contributed by atoms with E-state index >= 15 is 0 Å². The Bertz CT molecular complexity index is 434. The smallest absolute Gasteiger partial charge is 0.333 e. The molecular formula is C11H20N4O3. The molecule has 0 saturated heterocycles. The lowest BCUT2D eigenvalue weighted by molar-refractivity contribution is -0.384. The number of nitro groups is 1. The molecule has 0 aromatic carbocycles. The zero-order valence-corrected chi connectivity index (χ0v) is 11.2. The van der Waals surface area contributed by atoms with Crippen LogP contribution in [0.3, 0.4) is 0 Å². The van der Waals surface area contributed by atoms with Gasteiger partial charge >= 0.3 is 5.69 Å². The second-order valence-electron chi connectivity index (χ2n) is 4.94. The SMILES string of the molecule is CCCc1nn(C)c(NCC(C)(C)O)c1[N+](=O)[O-]. The van der Waals surface area contributed by atoms with Crippen molar-refractivity contribution in [3.8, 4) is 0 Å². The van der Waals surface area contributed by atoms with Crippen molar-refractivity contribution in [3.63, 3.8) is 0 Å². The highest BCUT2D eigenvalue weighted by Crippen LogP contribution is 2.29. The summed E-state index contributed by atoms with van der Waals surface area (Å²) in [6.45, 7) is 5.44. The van der Waals surface area contributed by atoms with E-state index in [0.717, 1.165) is 6.42 Å². The Morgan fingerprint density at radius 1 is 1.56 bits per heavy atom. The predicted octanol–water partition coefficient (Wildman–Crippen LogP) is 1.46. The molecule has 7 nitrogen and oxygen atoms in total. The van der Waals surface area contributed by atoms with E-state index in [2.05, 4.69) is 10.4 Å². The van der Waals surface area contributed by atoms with Gasteiger partial charge in [-0.05, 0) is 20.3 Å². The van der Waals surface area contributed by atoms with Gasteiger partial charge in [0.25, 0.3) is 0 Å². The first-order chi connectivity index (χ1) is 8.26. The van der Waals surface area contributed by atoms with Crippen molar-refractivity contribution in [3.05, 3.63) is 15.8 Å². The molecule has 102 valence electrons. The molecule has 0 radical (unpaired) electrons. The minimum absolute atomic E-state index is 0.00333. The molecule has 0 fully saturated rings. The van der Waals surface area contributed by atoms with Crippen LogP contribution in [-0.2, 0) is 13.5 Å². The highest BCUT2D eigenvalue weighted by molar-refractivity contribution is 5.60. The van der Waals surface area contributed by atoms with Crippen LogP contribution in [0.4, 0.5) is 11.5 Å². The third-order valence-electron chi connectivity index (χ3n) is 2.45. The summed E-state index contributed by atoms with van der Waals surface area (Å²) in [4.78, 5) is 10.7. The Morgan fingerprint density at radius 3 is 2.61 bits per heavy atom. The van der Waals surface area contributed by atoms with Gasteiger partial charge in [0.1, 0.15) is 5.69 Å². The lowest BCUT2D eigenvalue weighted by Gasteiger charge is -2.17. The maximum Gasteiger partial charge on any atom is 0.333 e. The van der Waals surface area contributed by atoms with E-state index < -0.39 is 10.5 Å². The van der Waals surface area contributed by atoms with E-state index in [1.165, 1.54) is 4.68 Å². The van der Waals surface area contributed by atoms with Gasteiger partial charge in [-0.2, -0.15) is 5.10 Å². The first-order valence-corrected chi connectivity index (χ1v) is 5.92. The summed E-state index contributed by atoms with van der Waals surface area (Å²) in [5.74, 6) is 0.338. The average molecular weight is 256 g/mol. The summed E-state index contributed by atoms with van der Waals surface area (Å²) in [5.41, 5.74) is -0.463. The molecule has 0 aliphatic carbocycles. The fraction of sp³-hybridized carbons (Fsp3) is 0.727. The maximum absolute atomic E-state index is 11.1. The number of aromatic nitrogens is 2. The zero-order chi connectivity index (χ0) is 13.9. The van der Waals surface area contributed by atoms with Crippen molar-refractivity contribution in [1.29, 1.82) is 0 Å². The third kappa shape index (κ3) is 3.43. The van der Waals surface area contributed by atoms with Crippen LogP contribution < -0.4 is 5.32 Å². The van der Waals surface area contributed by atoms with E-state index in [1.807, 2.05) is 6.92 Å². The minimum Gasteiger partial charge on any atom is -0.389 e. The van der Waals surface area contributed by atoms with E-state index in [-0.39, 0.29) is 12.2 Å². The highest BCUT2D eigenvalue weighted by atomic mass is 16.6. The summed E-state index contributed by atoms with van der Waals surface area (Å²) < 4.78 is 1.45. The summed E-state index contributed by atoms with van der Waals surface area (Å²) >= 11 is 0. The zero-order valence-electron chi connectivity index (χ0n) is 11.2. The molecule has 0 unspecified atom stereocenters. The van der Waals surface area contributed by atoms with E-state index in [1.54, 1.807) is 20.9 Å². The van der Waals surface area contributed by atoms with Crippen molar-refractivity contribution >= 4 is 11.5 Å². The Balaban J connectivity index is 3.05. The molecule has 0 amide bonds. The van der Waals surface area contributed by atoms with E-state index in [0.29, 0.717) is 17.9 Å². The second-order valence-corrected chi connectivity index (χ2v) is 4.94. The maximum atomic E-state index is 11.1. The molecule has 18 heavy (non-hydrogen) atoms. The lowest BCUT2D eigenvalue weighted by atomic mass is 10.1. The van der Waals surface area contributed by atoms with Crippen molar-refractivity contribution in [2.24, 2.45) is 7.05 Å². The standard InChI is InChI=1S/C11H20N4O3/c1-5-6-8-9(15(17)18)10(14(4)13-8)12-7-11(2,3)16/h12,16H,5-7H2,1-4H3. The number of aliphatic hydroxyl groups is 1. The number of rotatable bonds is 6. The van der Waals surface area contributed by atoms with Crippen molar-refractivity contribution in [1.82, 2.24) is 9.78 Å². The quantitative estimate of drug-likeness (QED) is 0.593. The fourth-order valence-electron chi connectivity index (χ4n) is 1.66. The van der Waals surface area contributed by atoms with Gasteiger partial charge in [0.05, 0.1) is 10.5 Å². The van der Waals surface area contributed by atoms with Gasteiger partial charge in [0.15, 0.2) is 0 Å². The Hall–Kier alpha value is -1.63. The molecule has 1 aromatic heterocycles. The summed E-state index contributed by atoms with van der Waals surface area (Å²) in [7, 11) is 1.65. The van der Waals surface area contributed by atoms with Gasteiger partial charge in [0.2, 0.25) is 5.82 Å². The second kappa shape index (κ2) is 5.34. The molecule has 2 N–H and O–H groups in total. The monoisotopic (exact) mass is 256 g/mol. The predicted molar refractivity (Wildman–Crippen MR) is 68.6 cm³/mol. The first kappa shape index (κ1) is 14.4. The minimum atomic E-state index is -0.941. The fourth-order valence-corrected chi connectivity index (χ4v) is 1.66. The number of nitrogens with zero attached hydrogens (tertiary/aromatic N) is 3. The van der Waals surface area contributed by atoms with Gasteiger partial charge in [-0.15, -0.1) is 0 Å². The molecule has 0 bridgehead atoms. The molecule has 7 heteroatoms. The topological polar surface area (TPSA) is 93.2 Å². The molecule has 0 atom stereocenters. The van der Waals surface area contributed by atoms with E-state index in [4.69, 9.17) is 0 Å². The Morgan fingerprint density at radius 2 is 2.17 bits per heavy atom. The molecule has 0 aliphatic heterocycles. The lowest BCUT2D eigenvalue weighted by Crippen LogP contribution is -2.30. The summed E-state index contributed by atoms with van der Waals surface area (Å²) in [6.07, 6.45) is 1.36. The van der Waals surface area contributed by atoms with Crippen LogP contribution in [0.5, 0.6) is 0 Å². The van der Waals surface area contributed by atoms with Crippen LogP contribution in [0.25, 0.3) is 0 Å². The molecular weight excluding hydrogens is 236 g/mol. The first-order valence-electron chi connectivity index (χ1n) is 5.92. The molecule has 0 aliphatic rings. The molecule has 1 aromatic rings. The summed E-state index contributed by atoms with van der Waals surface area (Å²) in [6, 6.07) is 0. The van der Waals surface area contributed by atoms with Crippen LogP contribution in [0.1, 0.15) is 32.9 Å². The number of hydrogen-bond donors (Lipinski definition) is 2. The third-order valence-corrected chi connectivity index (χ3v) is 2.45. The van der Waals surface area contributed by atoms with Gasteiger partial charge in [-0.1, -0.05) is 13.3 Å². The van der Waals surface area contributed by atoms with Crippen molar-refractivity contribution < 1.29 is 10.0 Å². The van der Waals surface area contributed by atoms with Crippen LogP contribution in [-0.4, -0.2) is 32.0 Å². The number of anilines is 1. The van der Waals surface area contributed by atoms with Crippen LogP contribution in [0, 0.1) is 10.1 Å². The Labute approximate surface area is 106 Å². The molecule has 1 rings (SSSR count). The average Bonchev–Trinajstić information content (AvgIpc) is 2.51. The number of nitrogens with one attached hydrogen (secondary N) is 1. The molecule has 0 spiro atoms. The summed E-state index contributed by atoms with van der Waals surface area (Å²) in [5, 5.41) is 27.8. The van der Waals surface area contributed by atoms with Crippen LogP contribution in [0.2, 0.25) is 0 Å². The van der Waals surface area contributed by atoms with Gasteiger partial charge in [0, 0.05) is 13.6 Å². The van der Waals surface area contributed by atoms with Gasteiger partial charge in [-0.25, -0.2) is 4.68 Å². The van der Waals surface area contributed by atoms with Gasteiger partial charge in [-0.3, -0.25) is 10.1 Å². The number of aryl methyl sites for hydroxylation is 2. The van der Waals surface area contributed by atoms with Gasteiger partial charge < -0.3 is 10.4 Å². The van der Waals surface area contributed by atoms with Crippen molar-refractivity contribution in [2.45, 2.75) is 39.2 Å². The van der Waals surface area contributed by atoms with Crippen LogP contribution in [0.15, 0.2) is 0 Å². The largest absolute Gasteiger partial charge is 0.389 e. The molecule has 0 saturated carbocycles. The highest BCUT2D eigenvalue weighted by Gasteiger charge is 2.27.